The summed E-state index contributed by atoms with van der Waals surface area (Å²) in [5, 5.41) is 2.03. The van der Waals surface area contributed by atoms with E-state index in [0.29, 0.717) is 25.3 Å². The molecule has 0 saturated carbocycles. The van der Waals surface area contributed by atoms with Gasteiger partial charge in [0.2, 0.25) is 0 Å². The fraction of sp³-hybridized carbons (Fsp3) is 0.286. The first-order valence-corrected chi connectivity index (χ1v) is 6.81. The van der Waals surface area contributed by atoms with Crippen LogP contribution in [0.4, 0.5) is 4.39 Å². The molecule has 0 aliphatic rings. The largest absolute Gasteiger partial charge is 0.490 e. The van der Waals surface area contributed by atoms with E-state index >= 15 is 0 Å². The van der Waals surface area contributed by atoms with Crippen LogP contribution in [0.15, 0.2) is 35.7 Å². The summed E-state index contributed by atoms with van der Waals surface area (Å²) in [5.41, 5.74) is 6.33. The molecule has 0 aliphatic carbocycles. The van der Waals surface area contributed by atoms with E-state index in [1.807, 2.05) is 17.5 Å². The van der Waals surface area contributed by atoms with Gasteiger partial charge in [-0.2, -0.15) is 0 Å². The second-order valence-corrected chi connectivity index (χ2v) is 5.01. The minimum Gasteiger partial charge on any atom is -0.490 e. The van der Waals surface area contributed by atoms with Crippen LogP contribution in [0.5, 0.6) is 5.75 Å². The molecule has 2 aromatic rings. The highest BCUT2D eigenvalue weighted by Gasteiger charge is 2.04. The van der Waals surface area contributed by atoms with Crippen molar-refractivity contribution in [1.82, 2.24) is 0 Å². The Labute approximate surface area is 110 Å². The summed E-state index contributed by atoms with van der Waals surface area (Å²) in [6, 6.07) is 9.08. The molecule has 96 valence electrons. The molecular formula is C14H16FNOS. The molecule has 0 unspecified atom stereocenters. The van der Waals surface area contributed by atoms with E-state index in [1.165, 1.54) is 10.9 Å². The lowest BCUT2D eigenvalue weighted by molar-refractivity contribution is 0.306. The van der Waals surface area contributed by atoms with Crippen LogP contribution in [0.1, 0.15) is 10.4 Å². The van der Waals surface area contributed by atoms with E-state index in [-0.39, 0.29) is 5.82 Å². The van der Waals surface area contributed by atoms with Gasteiger partial charge in [-0.1, -0.05) is 12.1 Å². The number of thiophene rings is 1. The minimum atomic E-state index is -0.313. The Morgan fingerprint density at radius 3 is 2.78 bits per heavy atom. The molecule has 0 aliphatic heterocycles. The van der Waals surface area contributed by atoms with Gasteiger partial charge in [-0.25, -0.2) is 4.39 Å². The molecule has 1 heterocycles. The SMILES string of the molecule is NCCc1ccc(OCCc2cccs2)c(F)c1. The number of rotatable bonds is 6. The van der Waals surface area contributed by atoms with Crippen molar-refractivity contribution in [2.24, 2.45) is 5.73 Å². The van der Waals surface area contributed by atoms with Crippen LogP contribution < -0.4 is 10.5 Å². The summed E-state index contributed by atoms with van der Waals surface area (Å²) in [4.78, 5) is 1.25. The molecule has 1 aromatic heterocycles. The van der Waals surface area contributed by atoms with Crippen LogP contribution in [-0.4, -0.2) is 13.2 Å². The van der Waals surface area contributed by atoms with Crippen LogP contribution in [0, 0.1) is 5.82 Å². The molecule has 0 saturated heterocycles. The van der Waals surface area contributed by atoms with Crippen molar-refractivity contribution in [3.63, 3.8) is 0 Å². The maximum atomic E-state index is 13.7. The molecule has 0 spiro atoms. The third kappa shape index (κ3) is 3.55. The second-order valence-electron chi connectivity index (χ2n) is 3.98. The summed E-state index contributed by atoms with van der Waals surface area (Å²) in [6.45, 7) is 1.02. The zero-order valence-corrected chi connectivity index (χ0v) is 10.9. The van der Waals surface area contributed by atoms with Gasteiger partial charge in [-0.05, 0) is 42.1 Å². The first-order valence-electron chi connectivity index (χ1n) is 5.93. The van der Waals surface area contributed by atoms with Gasteiger partial charge in [-0.15, -0.1) is 11.3 Å². The fourth-order valence-corrected chi connectivity index (χ4v) is 2.39. The summed E-state index contributed by atoms with van der Waals surface area (Å²) in [5.74, 6) is -0.000503. The van der Waals surface area contributed by atoms with Crippen molar-refractivity contribution in [3.05, 3.63) is 52.0 Å². The highest BCUT2D eigenvalue weighted by atomic mass is 32.1. The van der Waals surface area contributed by atoms with Crippen LogP contribution in [0.2, 0.25) is 0 Å². The summed E-state index contributed by atoms with van der Waals surface area (Å²) in [7, 11) is 0. The minimum absolute atomic E-state index is 0.312. The average molecular weight is 265 g/mol. The Morgan fingerprint density at radius 2 is 2.11 bits per heavy atom. The van der Waals surface area contributed by atoms with E-state index < -0.39 is 0 Å². The Bertz CT molecular complexity index is 485. The summed E-state index contributed by atoms with van der Waals surface area (Å²) < 4.78 is 19.1. The van der Waals surface area contributed by atoms with Crippen LogP contribution in [0.25, 0.3) is 0 Å². The van der Waals surface area contributed by atoms with Crippen molar-refractivity contribution >= 4 is 11.3 Å². The molecule has 2 N–H and O–H groups in total. The number of halogens is 1. The highest BCUT2D eigenvalue weighted by molar-refractivity contribution is 7.09. The van der Waals surface area contributed by atoms with Crippen molar-refractivity contribution in [2.75, 3.05) is 13.2 Å². The lowest BCUT2D eigenvalue weighted by Gasteiger charge is -2.08. The number of hydrogen-bond acceptors (Lipinski definition) is 3. The van der Waals surface area contributed by atoms with E-state index in [4.69, 9.17) is 10.5 Å². The molecule has 1 aromatic carbocycles. The monoisotopic (exact) mass is 265 g/mol. The molecule has 2 rings (SSSR count). The van der Waals surface area contributed by atoms with Gasteiger partial charge in [0.15, 0.2) is 11.6 Å². The molecule has 0 amide bonds. The first kappa shape index (κ1) is 13.1. The zero-order chi connectivity index (χ0) is 12.8. The Hall–Kier alpha value is -1.39. The van der Waals surface area contributed by atoms with E-state index in [2.05, 4.69) is 6.07 Å². The summed E-state index contributed by atoms with van der Waals surface area (Å²) in [6.07, 6.45) is 1.49. The van der Waals surface area contributed by atoms with E-state index in [0.717, 1.165) is 12.0 Å². The molecule has 0 fully saturated rings. The maximum absolute atomic E-state index is 13.7. The third-order valence-corrected chi connectivity index (χ3v) is 3.55. The van der Waals surface area contributed by atoms with Gasteiger partial charge in [0.05, 0.1) is 6.61 Å². The molecule has 0 radical (unpaired) electrons. The molecule has 18 heavy (non-hydrogen) atoms. The number of hydrogen-bond donors (Lipinski definition) is 1. The highest BCUT2D eigenvalue weighted by Crippen LogP contribution is 2.19. The van der Waals surface area contributed by atoms with Gasteiger partial charge in [0.25, 0.3) is 0 Å². The lowest BCUT2D eigenvalue weighted by Crippen LogP contribution is -2.05. The molecule has 4 heteroatoms. The molecular weight excluding hydrogens is 249 g/mol. The predicted molar refractivity (Wildman–Crippen MR) is 72.7 cm³/mol. The quantitative estimate of drug-likeness (QED) is 0.871. The second kappa shape index (κ2) is 6.52. The molecule has 0 atom stereocenters. The van der Waals surface area contributed by atoms with E-state index in [1.54, 1.807) is 17.4 Å². The van der Waals surface area contributed by atoms with Crippen molar-refractivity contribution in [1.29, 1.82) is 0 Å². The number of nitrogens with two attached hydrogens (primary N) is 1. The van der Waals surface area contributed by atoms with Gasteiger partial charge >= 0.3 is 0 Å². The van der Waals surface area contributed by atoms with Crippen molar-refractivity contribution < 1.29 is 9.13 Å². The topological polar surface area (TPSA) is 35.2 Å². The first-order chi connectivity index (χ1) is 8.79. The lowest BCUT2D eigenvalue weighted by atomic mass is 10.1. The number of ether oxygens (including phenoxy) is 1. The van der Waals surface area contributed by atoms with Crippen LogP contribution in [0.3, 0.4) is 0 Å². The van der Waals surface area contributed by atoms with Gasteiger partial charge < -0.3 is 10.5 Å². The van der Waals surface area contributed by atoms with Crippen molar-refractivity contribution in [2.45, 2.75) is 12.8 Å². The molecule has 0 bridgehead atoms. The predicted octanol–water partition coefficient (Wildman–Crippen LogP) is 3.01. The molecule has 2 nitrogen and oxygen atoms in total. The van der Waals surface area contributed by atoms with Crippen LogP contribution in [-0.2, 0) is 12.8 Å². The number of benzene rings is 1. The van der Waals surface area contributed by atoms with Gasteiger partial charge in [0.1, 0.15) is 0 Å². The summed E-state index contributed by atoms with van der Waals surface area (Å²) >= 11 is 1.68. The zero-order valence-electron chi connectivity index (χ0n) is 10.1. The standard InChI is InChI=1S/C14H16FNOS/c15-13-10-11(5-7-16)3-4-14(13)17-8-6-12-2-1-9-18-12/h1-4,9-10H,5-8,16H2. The maximum Gasteiger partial charge on any atom is 0.165 e. The average Bonchev–Trinajstić information content (AvgIpc) is 2.85. The van der Waals surface area contributed by atoms with Crippen molar-refractivity contribution in [3.8, 4) is 5.75 Å². The normalized spacial score (nSPS) is 10.6. The Balaban J connectivity index is 1.89. The fourth-order valence-electron chi connectivity index (χ4n) is 1.70. The van der Waals surface area contributed by atoms with Crippen LogP contribution >= 0.6 is 11.3 Å². The van der Waals surface area contributed by atoms with E-state index in [9.17, 15) is 4.39 Å². The Morgan fingerprint density at radius 1 is 1.22 bits per heavy atom. The smallest absolute Gasteiger partial charge is 0.165 e. The van der Waals surface area contributed by atoms with Gasteiger partial charge in [0, 0.05) is 11.3 Å². The Kier molecular flexibility index (Phi) is 4.73. The third-order valence-electron chi connectivity index (χ3n) is 2.62. The van der Waals surface area contributed by atoms with Gasteiger partial charge in [-0.3, -0.25) is 0 Å².